The van der Waals surface area contributed by atoms with Crippen LogP contribution >= 0.6 is 11.8 Å². The largest absolute Gasteiger partial charge is 0.480 e. The number of piperidine rings is 1. The van der Waals surface area contributed by atoms with Crippen molar-refractivity contribution in [2.24, 2.45) is 0 Å². The molecule has 1 aliphatic heterocycles. The smallest absolute Gasteiger partial charge is 0.320 e. The highest BCUT2D eigenvalue weighted by Gasteiger charge is 2.34. The van der Waals surface area contributed by atoms with Gasteiger partial charge in [0.25, 0.3) is 0 Å². The minimum Gasteiger partial charge on any atom is -0.480 e. The average molecular weight is 356 g/mol. The number of carboxylic acid groups (broad SMARTS) is 1. The van der Waals surface area contributed by atoms with Gasteiger partial charge in [0.1, 0.15) is 6.04 Å². The molecule has 1 aromatic heterocycles. The van der Waals surface area contributed by atoms with Gasteiger partial charge in [0.2, 0.25) is 0 Å². The Kier molecular flexibility index (Phi) is 6.10. The summed E-state index contributed by atoms with van der Waals surface area (Å²) >= 11 is 1.71. The van der Waals surface area contributed by atoms with Crippen molar-refractivity contribution in [1.82, 2.24) is 9.88 Å². The van der Waals surface area contributed by atoms with Gasteiger partial charge >= 0.3 is 5.97 Å². The predicted molar refractivity (Wildman–Crippen MR) is 101 cm³/mol. The predicted octanol–water partition coefficient (Wildman–Crippen LogP) is 4.03. The van der Waals surface area contributed by atoms with Crippen molar-refractivity contribution in [2.75, 3.05) is 12.8 Å². The van der Waals surface area contributed by atoms with E-state index in [0.717, 1.165) is 43.5 Å². The van der Waals surface area contributed by atoms with Crippen molar-refractivity contribution in [3.8, 4) is 0 Å². The van der Waals surface area contributed by atoms with Gasteiger partial charge in [-0.05, 0) is 55.5 Å². The molecule has 5 heteroatoms. The molecule has 4 nitrogen and oxygen atoms in total. The second-order valence-corrected chi connectivity index (χ2v) is 7.28. The highest BCUT2D eigenvalue weighted by atomic mass is 32.2. The molecule has 1 N–H and O–H groups in total. The maximum absolute atomic E-state index is 11.8. The maximum atomic E-state index is 11.8. The number of rotatable bonds is 6. The monoisotopic (exact) mass is 356 g/mol. The number of hydrogen-bond donors (Lipinski definition) is 1. The number of carboxylic acids is 1. The van der Waals surface area contributed by atoms with Crippen LogP contribution in [-0.2, 0) is 11.2 Å². The van der Waals surface area contributed by atoms with E-state index in [2.05, 4.69) is 40.4 Å². The summed E-state index contributed by atoms with van der Waals surface area (Å²) in [6.07, 6.45) is 7.33. The third kappa shape index (κ3) is 4.41. The van der Waals surface area contributed by atoms with E-state index in [0.29, 0.717) is 0 Å². The first-order valence-electron chi connectivity index (χ1n) is 8.71. The van der Waals surface area contributed by atoms with E-state index >= 15 is 0 Å². The maximum Gasteiger partial charge on any atom is 0.320 e. The number of thioether (sulfide) groups is 1. The van der Waals surface area contributed by atoms with Gasteiger partial charge in [0, 0.05) is 29.2 Å². The van der Waals surface area contributed by atoms with Gasteiger partial charge in [0.15, 0.2) is 0 Å². The average Bonchev–Trinajstić information content (AvgIpc) is 2.67. The van der Waals surface area contributed by atoms with Crippen LogP contribution in [0.2, 0.25) is 0 Å². The van der Waals surface area contributed by atoms with E-state index in [1.165, 1.54) is 4.90 Å². The fourth-order valence-electron chi connectivity index (χ4n) is 3.56. The molecule has 2 heterocycles. The molecule has 3 rings (SSSR count). The van der Waals surface area contributed by atoms with Gasteiger partial charge in [-0.3, -0.25) is 14.7 Å². The van der Waals surface area contributed by atoms with E-state index < -0.39 is 12.0 Å². The highest BCUT2D eigenvalue weighted by Crippen LogP contribution is 2.32. The van der Waals surface area contributed by atoms with Gasteiger partial charge in [-0.1, -0.05) is 24.6 Å². The Hall–Kier alpha value is -1.85. The third-order valence-electron chi connectivity index (χ3n) is 4.86. The molecule has 2 atom stereocenters. The second-order valence-electron chi connectivity index (χ2n) is 6.40. The molecule has 0 bridgehead atoms. The number of carbonyl (C=O) groups is 1. The molecule has 0 aliphatic carbocycles. The minimum absolute atomic E-state index is 0.0345. The molecular formula is C20H24N2O2S. The Morgan fingerprint density at radius 1 is 1.28 bits per heavy atom. The van der Waals surface area contributed by atoms with Gasteiger partial charge in [-0.15, -0.1) is 11.8 Å². The van der Waals surface area contributed by atoms with E-state index in [1.54, 1.807) is 18.0 Å². The third-order valence-corrected chi connectivity index (χ3v) is 5.60. The quantitative estimate of drug-likeness (QED) is 0.792. The first-order chi connectivity index (χ1) is 12.2. The van der Waals surface area contributed by atoms with Crippen molar-refractivity contribution in [3.63, 3.8) is 0 Å². The molecule has 0 spiro atoms. The Labute approximate surface area is 153 Å². The highest BCUT2D eigenvalue weighted by molar-refractivity contribution is 7.98. The first kappa shape index (κ1) is 18.0. The normalized spacial score (nSPS) is 19.5. The van der Waals surface area contributed by atoms with Crippen molar-refractivity contribution in [3.05, 3.63) is 59.9 Å². The molecule has 1 aliphatic rings. The zero-order valence-corrected chi connectivity index (χ0v) is 15.3. The molecule has 1 fully saturated rings. The van der Waals surface area contributed by atoms with E-state index in [9.17, 15) is 9.90 Å². The zero-order valence-electron chi connectivity index (χ0n) is 14.5. The molecular weight excluding hydrogens is 332 g/mol. The van der Waals surface area contributed by atoms with Crippen LogP contribution in [0.3, 0.4) is 0 Å². The van der Waals surface area contributed by atoms with Crippen LogP contribution in [0.25, 0.3) is 0 Å². The number of hydrogen-bond acceptors (Lipinski definition) is 4. The molecule has 0 radical (unpaired) electrons. The Bertz CT molecular complexity index is 691. The van der Waals surface area contributed by atoms with Crippen LogP contribution in [0.5, 0.6) is 0 Å². The van der Waals surface area contributed by atoms with Crippen LogP contribution in [0.15, 0.2) is 53.6 Å². The minimum atomic E-state index is -0.716. The molecule has 132 valence electrons. The lowest BCUT2D eigenvalue weighted by molar-refractivity contribution is -0.146. The van der Waals surface area contributed by atoms with Crippen LogP contribution < -0.4 is 0 Å². The van der Waals surface area contributed by atoms with Gasteiger partial charge in [-0.2, -0.15) is 0 Å². The summed E-state index contributed by atoms with van der Waals surface area (Å²) in [7, 11) is 0. The van der Waals surface area contributed by atoms with Crippen LogP contribution in [0.1, 0.15) is 36.6 Å². The number of pyridine rings is 1. The standard InChI is InChI=1S/C20H24N2O2S/c1-25-17-10-8-15(9-11-17)19(14-16-6-2-4-12-21-16)22-13-5-3-7-18(22)20(23)24/h2,4,6,8-12,18-19H,3,5,7,13-14H2,1H3,(H,23,24). The summed E-state index contributed by atoms with van der Waals surface area (Å²) in [5.41, 5.74) is 2.16. The Morgan fingerprint density at radius 2 is 2.08 bits per heavy atom. The molecule has 0 amide bonds. The van der Waals surface area contributed by atoms with Crippen molar-refractivity contribution in [2.45, 2.75) is 42.7 Å². The summed E-state index contributed by atoms with van der Waals surface area (Å²) in [6.45, 7) is 0.818. The van der Waals surface area contributed by atoms with Gasteiger partial charge < -0.3 is 5.11 Å². The zero-order chi connectivity index (χ0) is 17.6. The Balaban J connectivity index is 1.93. The van der Waals surface area contributed by atoms with Gasteiger partial charge in [0.05, 0.1) is 0 Å². The van der Waals surface area contributed by atoms with Crippen LogP contribution in [0.4, 0.5) is 0 Å². The SMILES string of the molecule is CSc1ccc(C(Cc2ccccn2)N2CCCCC2C(=O)O)cc1. The summed E-state index contributed by atoms with van der Waals surface area (Å²) in [6, 6.07) is 14.0. The molecule has 1 saturated heterocycles. The number of nitrogens with zero attached hydrogens (tertiary/aromatic N) is 2. The van der Waals surface area contributed by atoms with E-state index in [-0.39, 0.29) is 6.04 Å². The Morgan fingerprint density at radius 3 is 2.72 bits per heavy atom. The number of likely N-dealkylation sites (tertiary alicyclic amines) is 1. The van der Waals surface area contributed by atoms with Crippen molar-refractivity contribution in [1.29, 1.82) is 0 Å². The molecule has 2 aromatic rings. The van der Waals surface area contributed by atoms with Gasteiger partial charge in [-0.25, -0.2) is 0 Å². The van der Waals surface area contributed by atoms with Crippen LogP contribution in [0, 0.1) is 0 Å². The topological polar surface area (TPSA) is 53.4 Å². The fraction of sp³-hybridized carbons (Fsp3) is 0.400. The van der Waals surface area contributed by atoms with Crippen molar-refractivity contribution >= 4 is 17.7 Å². The lowest BCUT2D eigenvalue weighted by Gasteiger charge is -2.39. The number of aromatic nitrogens is 1. The lowest BCUT2D eigenvalue weighted by atomic mass is 9.93. The van der Waals surface area contributed by atoms with Crippen LogP contribution in [-0.4, -0.2) is 39.8 Å². The second kappa shape index (κ2) is 8.50. The number of benzene rings is 1. The van der Waals surface area contributed by atoms with E-state index in [1.807, 2.05) is 18.2 Å². The molecule has 0 saturated carbocycles. The lowest BCUT2D eigenvalue weighted by Crippen LogP contribution is -2.47. The first-order valence-corrected chi connectivity index (χ1v) is 9.94. The summed E-state index contributed by atoms with van der Waals surface area (Å²) in [4.78, 5) is 19.6. The molecule has 2 unspecified atom stereocenters. The summed E-state index contributed by atoms with van der Waals surface area (Å²) in [5, 5.41) is 9.69. The van der Waals surface area contributed by atoms with Crippen molar-refractivity contribution < 1.29 is 9.90 Å². The summed E-state index contributed by atoms with van der Waals surface area (Å²) in [5.74, 6) is -0.716. The van der Waals surface area contributed by atoms with E-state index in [4.69, 9.17) is 0 Å². The molecule has 25 heavy (non-hydrogen) atoms. The number of aliphatic carboxylic acids is 1. The summed E-state index contributed by atoms with van der Waals surface area (Å²) < 4.78 is 0. The fourth-order valence-corrected chi connectivity index (χ4v) is 3.97. The molecule has 1 aromatic carbocycles.